The summed E-state index contributed by atoms with van der Waals surface area (Å²) < 4.78 is 17.1. The largest absolute Gasteiger partial charge is 0.382 e. The molecular weight excluding hydrogens is 350 g/mol. The van der Waals surface area contributed by atoms with Crippen LogP contribution in [0.2, 0.25) is 0 Å². The van der Waals surface area contributed by atoms with Crippen LogP contribution in [0.1, 0.15) is 27.7 Å². The van der Waals surface area contributed by atoms with Crippen molar-refractivity contribution in [1.29, 1.82) is 0 Å². The molecule has 1 N–H and O–H groups in total. The number of carbonyl (C=O) groups is 1. The third-order valence-corrected chi connectivity index (χ3v) is 5.12. The van der Waals surface area contributed by atoms with Gasteiger partial charge in [-0.2, -0.15) is 9.48 Å². The van der Waals surface area contributed by atoms with Crippen LogP contribution in [0.15, 0.2) is 0 Å². The van der Waals surface area contributed by atoms with E-state index in [0.717, 1.165) is 5.06 Å². The molecule has 1 saturated heterocycles. The Hall–Kier alpha value is -0.480. The molecule has 9 heteroatoms. The fourth-order valence-electron chi connectivity index (χ4n) is 2.79. The first-order valence-corrected chi connectivity index (χ1v) is 8.86. The molecule has 8 nitrogen and oxygen atoms in total. The predicted octanol–water partition coefficient (Wildman–Crippen LogP) is 1.17. The number of carbonyl (C=O) groups excluding carboxylic acids is 1. The van der Waals surface area contributed by atoms with Crippen molar-refractivity contribution >= 4 is 17.7 Å². The molecule has 0 saturated carbocycles. The SMILES string of the molecule is COCCOCCOCCN(O)CCN1C(=O)C(C)(C)N(Cl)C1(C)C. The van der Waals surface area contributed by atoms with Crippen LogP contribution >= 0.6 is 11.8 Å². The number of halogens is 1. The molecule has 1 aliphatic rings. The van der Waals surface area contributed by atoms with Crippen LogP contribution in [0.25, 0.3) is 0 Å². The van der Waals surface area contributed by atoms with Crippen LogP contribution < -0.4 is 0 Å². The number of hydrogen-bond acceptors (Lipinski definition) is 7. The molecule has 1 rings (SSSR count). The Labute approximate surface area is 155 Å². The lowest BCUT2D eigenvalue weighted by molar-refractivity contribution is -0.138. The van der Waals surface area contributed by atoms with E-state index >= 15 is 0 Å². The van der Waals surface area contributed by atoms with E-state index < -0.39 is 11.2 Å². The van der Waals surface area contributed by atoms with Gasteiger partial charge in [0.2, 0.25) is 5.91 Å². The van der Waals surface area contributed by atoms with Crippen molar-refractivity contribution in [2.45, 2.75) is 38.9 Å². The number of methoxy groups -OCH3 is 1. The molecule has 148 valence electrons. The highest BCUT2D eigenvalue weighted by Gasteiger charge is 2.55. The standard InChI is InChI=1S/C16H32ClN3O5/c1-15(2)14(21)19(16(3,4)20(15)17)7-6-18(22)8-9-24-12-13-25-11-10-23-5/h22H,6-13H2,1-5H3. The minimum absolute atomic E-state index is 0.0506. The van der Waals surface area contributed by atoms with Crippen LogP contribution in [-0.4, -0.2) is 96.5 Å². The van der Waals surface area contributed by atoms with Crippen molar-refractivity contribution in [1.82, 2.24) is 14.4 Å². The Bertz CT molecular complexity index is 423. The van der Waals surface area contributed by atoms with Gasteiger partial charge in [0.05, 0.1) is 33.0 Å². The third-order valence-electron chi connectivity index (χ3n) is 4.28. The Balaban J connectivity index is 2.24. The van der Waals surface area contributed by atoms with Crippen molar-refractivity contribution in [3.63, 3.8) is 0 Å². The van der Waals surface area contributed by atoms with Gasteiger partial charge in [0.25, 0.3) is 0 Å². The summed E-state index contributed by atoms with van der Waals surface area (Å²) in [6.07, 6.45) is 0. The zero-order chi connectivity index (χ0) is 19.1. The number of amides is 1. The maximum Gasteiger partial charge on any atom is 0.245 e. The lowest BCUT2D eigenvalue weighted by Crippen LogP contribution is -2.49. The molecule has 1 fully saturated rings. The Morgan fingerprint density at radius 1 is 1.04 bits per heavy atom. The maximum absolute atomic E-state index is 12.5. The predicted molar refractivity (Wildman–Crippen MR) is 94.4 cm³/mol. The summed E-state index contributed by atoms with van der Waals surface area (Å²) in [6, 6.07) is 0. The molecule has 0 aromatic rings. The number of rotatable bonds is 12. The van der Waals surface area contributed by atoms with Crippen LogP contribution in [0.4, 0.5) is 0 Å². The van der Waals surface area contributed by atoms with Gasteiger partial charge in [-0.05, 0) is 39.5 Å². The first-order chi connectivity index (χ1) is 11.7. The van der Waals surface area contributed by atoms with Gasteiger partial charge >= 0.3 is 0 Å². The topological polar surface area (TPSA) is 74.7 Å². The van der Waals surface area contributed by atoms with Gasteiger partial charge in [-0.15, -0.1) is 0 Å². The Kier molecular flexibility index (Phi) is 9.03. The van der Waals surface area contributed by atoms with Crippen molar-refractivity contribution < 1.29 is 24.2 Å². The van der Waals surface area contributed by atoms with Crippen molar-refractivity contribution in [3.05, 3.63) is 0 Å². The molecule has 25 heavy (non-hydrogen) atoms. The van der Waals surface area contributed by atoms with E-state index in [9.17, 15) is 10.0 Å². The Morgan fingerprint density at radius 2 is 1.60 bits per heavy atom. The minimum Gasteiger partial charge on any atom is -0.382 e. The molecule has 0 atom stereocenters. The number of ether oxygens (including phenoxy) is 3. The quantitative estimate of drug-likeness (QED) is 0.309. The zero-order valence-electron chi connectivity index (χ0n) is 16.0. The summed E-state index contributed by atoms with van der Waals surface area (Å²) in [6.45, 7) is 10.9. The summed E-state index contributed by atoms with van der Waals surface area (Å²) in [5.74, 6) is -0.0506. The van der Waals surface area contributed by atoms with Gasteiger partial charge in [0, 0.05) is 26.7 Å². The summed E-state index contributed by atoms with van der Waals surface area (Å²) in [4.78, 5) is 14.2. The minimum atomic E-state index is -0.767. The molecular formula is C16H32ClN3O5. The van der Waals surface area contributed by atoms with Crippen LogP contribution in [-0.2, 0) is 19.0 Å². The molecule has 0 bridgehead atoms. The van der Waals surface area contributed by atoms with E-state index in [1.807, 2.05) is 13.8 Å². The van der Waals surface area contributed by atoms with Crippen LogP contribution in [0.5, 0.6) is 0 Å². The summed E-state index contributed by atoms with van der Waals surface area (Å²) >= 11 is 6.32. The molecule has 1 aliphatic heterocycles. The maximum atomic E-state index is 12.5. The normalized spacial score (nSPS) is 20.0. The molecule has 0 aromatic carbocycles. The number of hydrogen-bond donors (Lipinski definition) is 1. The molecule has 0 radical (unpaired) electrons. The van der Waals surface area contributed by atoms with E-state index in [0.29, 0.717) is 52.7 Å². The highest BCUT2D eigenvalue weighted by molar-refractivity contribution is 6.17. The zero-order valence-corrected chi connectivity index (χ0v) is 16.7. The first kappa shape index (κ1) is 22.6. The van der Waals surface area contributed by atoms with E-state index in [-0.39, 0.29) is 5.91 Å². The second-order valence-electron chi connectivity index (χ2n) is 6.96. The summed E-state index contributed by atoms with van der Waals surface area (Å²) in [7, 11) is 1.62. The fourth-order valence-corrected chi connectivity index (χ4v) is 2.95. The Morgan fingerprint density at radius 3 is 2.12 bits per heavy atom. The summed E-state index contributed by atoms with van der Waals surface area (Å²) in [5.41, 5.74) is -1.38. The molecule has 1 amide bonds. The van der Waals surface area contributed by atoms with Crippen molar-refractivity contribution in [2.75, 3.05) is 59.8 Å². The smallest absolute Gasteiger partial charge is 0.245 e. The molecule has 0 aliphatic carbocycles. The monoisotopic (exact) mass is 381 g/mol. The number of hydroxylamine groups is 2. The highest BCUT2D eigenvalue weighted by Crippen LogP contribution is 2.39. The molecule has 1 heterocycles. The van der Waals surface area contributed by atoms with E-state index in [4.69, 9.17) is 26.0 Å². The van der Waals surface area contributed by atoms with Crippen LogP contribution in [0, 0.1) is 0 Å². The summed E-state index contributed by atoms with van der Waals surface area (Å²) in [5, 5.41) is 11.1. The van der Waals surface area contributed by atoms with Crippen molar-refractivity contribution in [2.24, 2.45) is 0 Å². The average molecular weight is 382 g/mol. The van der Waals surface area contributed by atoms with Gasteiger partial charge in [-0.3, -0.25) is 4.79 Å². The molecule has 0 aromatic heterocycles. The van der Waals surface area contributed by atoms with Gasteiger partial charge in [0.1, 0.15) is 11.2 Å². The molecule has 0 unspecified atom stereocenters. The van der Waals surface area contributed by atoms with E-state index in [1.165, 1.54) is 4.42 Å². The third kappa shape index (κ3) is 6.02. The first-order valence-electron chi connectivity index (χ1n) is 8.52. The fraction of sp³-hybridized carbons (Fsp3) is 0.938. The lowest BCUT2D eigenvalue weighted by Gasteiger charge is -2.35. The second kappa shape index (κ2) is 10.0. The molecule has 0 spiro atoms. The van der Waals surface area contributed by atoms with Crippen molar-refractivity contribution in [3.8, 4) is 0 Å². The lowest BCUT2D eigenvalue weighted by atomic mass is 10.1. The number of nitrogens with zero attached hydrogens (tertiary/aromatic N) is 3. The second-order valence-corrected chi connectivity index (χ2v) is 7.30. The van der Waals surface area contributed by atoms with E-state index in [2.05, 4.69) is 0 Å². The van der Waals surface area contributed by atoms with Gasteiger partial charge < -0.3 is 24.3 Å². The van der Waals surface area contributed by atoms with Gasteiger partial charge in [-0.25, -0.2) is 0 Å². The van der Waals surface area contributed by atoms with Gasteiger partial charge in [-0.1, -0.05) is 0 Å². The highest BCUT2D eigenvalue weighted by atomic mass is 35.5. The van der Waals surface area contributed by atoms with Crippen LogP contribution in [0.3, 0.4) is 0 Å². The van der Waals surface area contributed by atoms with E-state index in [1.54, 1.807) is 25.9 Å². The van der Waals surface area contributed by atoms with Gasteiger partial charge in [0.15, 0.2) is 0 Å². The average Bonchev–Trinajstić information content (AvgIpc) is 2.66.